The molecule has 130 valence electrons. The fourth-order valence-corrected chi connectivity index (χ4v) is 5.02. The maximum atomic E-state index is 12.7. The van der Waals surface area contributed by atoms with Crippen molar-refractivity contribution in [1.82, 2.24) is 4.31 Å². The normalized spacial score (nSPS) is 17.1. The quantitative estimate of drug-likeness (QED) is 0.894. The van der Waals surface area contributed by atoms with Crippen LogP contribution in [0.3, 0.4) is 0 Å². The van der Waals surface area contributed by atoms with E-state index in [0.717, 1.165) is 16.5 Å². The molecular formula is C17H21NO5S. The van der Waals surface area contributed by atoms with Crippen molar-refractivity contribution in [2.24, 2.45) is 11.8 Å². The Labute approximate surface area is 141 Å². The van der Waals surface area contributed by atoms with Crippen LogP contribution < -0.4 is 0 Å². The molecule has 2 heterocycles. The Morgan fingerprint density at radius 2 is 2.04 bits per heavy atom. The van der Waals surface area contributed by atoms with E-state index in [0.29, 0.717) is 18.7 Å². The molecule has 0 saturated carbocycles. The van der Waals surface area contributed by atoms with Crippen LogP contribution in [0.25, 0.3) is 11.0 Å². The third-order valence-electron chi connectivity index (χ3n) is 4.62. The Hall–Kier alpha value is -1.86. The number of benzene rings is 1. The van der Waals surface area contributed by atoms with Gasteiger partial charge in [0.2, 0.25) is 10.0 Å². The number of rotatable bonds is 5. The predicted molar refractivity (Wildman–Crippen MR) is 90.1 cm³/mol. The van der Waals surface area contributed by atoms with Gasteiger partial charge in [-0.15, -0.1) is 0 Å². The molecule has 0 amide bonds. The van der Waals surface area contributed by atoms with Gasteiger partial charge in [0.25, 0.3) is 0 Å². The standard InChI is InChI=1S/C17H21NO5S/c1-11(2)14(17(19)20)10-24(21,22)18-8-7-13-12-5-3-4-6-15(12)23-16(13)9-18/h3-6,11,14H,7-10H2,1-2H3,(H,19,20). The van der Waals surface area contributed by atoms with Crippen molar-refractivity contribution >= 4 is 27.0 Å². The van der Waals surface area contributed by atoms with Crippen LogP contribution in [0.15, 0.2) is 28.7 Å². The zero-order valence-corrected chi connectivity index (χ0v) is 14.5. The summed E-state index contributed by atoms with van der Waals surface area (Å²) in [5.41, 5.74) is 1.81. The average Bonchev–Trinajstić information content (AvgIpc) is 2.89. The van der Waals surface area contributed by atoms with Crippen LogP contribution in [0.2, 0.25) is 0 Å². The lowest BCUT2D eigenvalue weighted by molar-refractivity contribution is -0.142. The van der Waals surface area contributed by atoms with Crippen LogP contribution in [0.1, 0.15) is 25.2 Å². The van der Waals surface area contributed by atoms with Gasteiger partial charge in [-0.05, 0) is 18.4 Å². The summed E-state index contributed by atoms with van der Waals surface area (Å²) in [6.07, 6.45) is 0.574. The first-order chi connectivity index (χ1) is 11.3. The summed E-state index contributed by atoms with van der Waals surface area (Å²) in [5, 5.41) is 10.3. The van der Waals surface area contributed by atoms with Gasteiger partial charge >= 0.3 is 5.97 Å². The zero-order valence-electron chi connectivity index (χ0n) is 13.7. The summed E-state index contributed by atoms with van der Waals surface area (Å²) >= 11 is 0. The van der Waals surface area contributed by atoms with Crippen LogP contribution in [-0.4, -0.2) is 36.1 Å². The molecule has 0 fully saturated rings. The third-order valence-corrected chi connectivity index (χ3v) is 6.50. The molecule has 3 rings (SSSR count). The highest BCUT2D eigenvalue weighted by Gasteiger charge is 2.35. The number of carbonyl (C=O) groups is 1. The van der Waals surface area contributed by atoms with E-state index in [-0.39, 0.29) is 18.2 Å². The first-order valence-corrected chi connectivity index (χ1v) is 9.60. The second-order valence-electron chi connectivity index (χ2n) is 6.55. The van der Waals surface area contributed by atoms with Crippen molar-refractivity contribution < 1.29 is 22.7 Å². The van der Waals surface area contributed by atoms with Crippen molar-refractivity contribution in [1.29, 1.82) is 0 Å². The summed E-state index contributed by atoms with van der Waals surface area (Å²) in [5.74, 6) is -1.96. The largest absolute Gasteiger partial charge is 0.481 e. The van der Waals surface area contributed by atoms with Gasteiger partial charge in [-0.1, -0.05) is 32.0 Å². The first kappa shape index (κ1) is 17.0. The second-order valence-corrected chi connectivity index (χ2v) is 8.56. The molecule has 24 heavy (non-hydrogen) atoms. The fourth-order valence-electron chi connectivity index (χ4n) is 3.15. The van der Waals surface area contributed by atoms with E-state index < -0.39 is 21.9 Å². The van der Waals surface area contributed by atoms with Gasteiger partial charge in [0.05, 0.1) is 18.2 Å². The van der Waals surface area contributed by atoms with E-state index in [2.05, 4.69) is 0 Å². The fraction of sp³-hybridized carbons (Fsp3) is 0.471. The van der Waals surface area contributed by atoms with Gasteiger partial charge in [-0.3, -0.25) is 4.79 Å². The number of nitrogens with zero attached hydrogens (tertiary/aromatic N) is 1. The van der Waals surface area contributed by atoms with E-state index >= 15 is 0 Å². The number of fused-ring (bicyclic) bond motifs is 3. The lowest BCUT2D eigenvalue weighted by Crippen LogP contribution is -2.41. The van der Waals surface area contributed by atoms with Crippen molar-refractivity contribution in [3.05, 3.63) is 35.6 Å². The number of hydrogen-bond acceptors (Lipinski definition) is 4. The molecule has 0 spiro atoms. The SMILES string of the molecule is CC(C)C(CS(=O)(=O)N1CCc2c(oc3ccccc23)C1)C(=O)O. The van der Waals surface area contributed by atoms with E-state index in [1.807, 2.05) is 24.3 Å². The highest BCUT2D eigenvalue weighted by atomic mass is 32.2. The van der Waals surface area contributed by atoms with Gasteiger partial charge in [-0.25, -0.2) is 8.42 Å². The summed E-state index contributed by atoms with van der Waals surface area (Å²) < 4.78 is 32.4. The second kappa shape index (κ2) is 6.22. The highest BCUT2D eigenvalue weighted by Crippen LogP contribution is 2.31. The lowest BCUT2D eigenvalue weighted by atomic mass is 9.98. The van der Waals surface area contributed by atoms with Gasteiger partial charge in [0, 0.05) is 17.5 Å². The summed E-state index contributed by atoms with van der Waals surface area (Å²) in [6, 6.07) is 7.65. The Morgan fingerprint density at radius 1 is 1.33 bits per heavy atom. The van der Waals surface area contributed by atoms with E-state index in [4.69, 9.17) is 4.42 Å². The molecule has 1 aliphatic heterocycles. The number of carboxylic acid groups (broad SMARTS) is 1. The van der Waals surface area contributed by atoms with Crippen LogP contribution in [0.5, 0.6) is 0 Å². The molecule has 0 bridgehead atoms. The molecule has 1 aromatic heterocycles. The minimum atomic E-state index is -3.66. The number of carboxylic acids is 1. The summed E-state index contributed by atoms with van der Waals surface area (Å²) in [7, 11) is -3.66. The van der Waals surface area contributed by atoms with Crippen LogP contribution in [0.4, 0.5) is 0 Å². The molecule has 1 aromatic carbocycles. The number of para-hydroxylation sites is 1. The Morgan fingerprint density at radius 3 is 2.71 bits per heavy atom. The molecule has 1 aliphatic rings. The molecule has 1 N–H and O–H groups in total. The van der Waals surface area contributed by atoms with Crippen molar-refractivity contribution in [2.45, 2.75) is 26.8 Å². The van der Waals surface area contributed by atoms with Gasteiger partial charge in [0.1, 0.15) is 11.3 Å². The van der Waals surface area contributed by atoms with E-state index in [9.17, 15) is 18.3 Å². The van der Waals surface area contributed by atoms with E-state index in [1.165, 1.54) is 4.31 Å². The minimum absolute atomic E-state index is 0.163. The molecule has 1 unspecified atom stereocenters. The maximum Gasteiger partial charge on any atom is 0.307 e. The van der Waals surface area contributed by atoms with E-state index in [1.54, 1.807) is 13.8 Å². The summed E-state index contributed by atoms with van der Waals surface area (Å²) in [6.45, 7) is 3.96. The molecule has 1 atom stereocenters. The smallest absolute Gasteiger partial charge is 0.307 e. The van der Waals surface area contributed by atoms with Crippen LogP contribution in [0, 0.1) is 11.8 Å². The number of aliphatic carboxylic acids is 1. The highest BCUT2D eigenvalue weighted by molar-refractivity contribution is 7.89. The molecule has 7 heteroatoms. The van der Waals surface area contributed by atoms with Crippen LogP contribution in [-0.2, 0) is 27.8 Å². The molecule has 0 radical (unpaired) electrons. The predicted octanol–water partition coefficient (Wildman–Crippen LogP) is 2.48. The number of sulfonamides is 1. The average molecular weight is 351 g/mol. The zero-order chi connectivity index (χ0) is 17.5. The first-order valence-electron chi connectivity index (χ1n) is 7.99. The van der Waals surface area contributed by atoms with Crippen molar-refractivity contribution in [2.75, 3.05) is 12.3 Å². The molecule has 0 aliphatic carbocycles. The minimum Gasteiger partial charge on any atom is -0.481 e. The molecule has 6 nitrogen and oxygen atoms in total. The van der Waals surface area contributed by atoms with Gasteiger partial charge in [0.15, 0.2) is 0 Å². The molecule has 2 aromatic rings. The topological polar surface area (TPSA) is 87.8 Å². The number of hydrogen-bond donors (Lipinski definition) is 1. The Bertz CT molecular complexity index is 868. The van der Waals surface area contributed by atoms with Gasteiger partial charge < -0.3 is 9.52 Å². The Balaban J connectivity index is 1.85. The van der Waals surface area contributed by atoms with Gasteiger partial charge in [-0.2, -0.15) is 4.31 Å². The monoisotopic (exact) mass is 351 g/mol. The molecular weight excluding hydrogens is 330 g/mol. The van der Waals surface area contributed by atoms with Crippen LogP contribution >= 0.6 is 0 Å². The van der Waals surface area contributed by atoms with Crippen molar-refractivity contribution in [3.63, 3.8) is 0 Å². The Kier molecular flexibility index (Phi) is 4.40. The maximum absolute atomic E-state index is 12.7. The third kappa shape index (κ3) is 3.06. The number of furan rings is 1. The lowest BCUT2D eigenvalue weighted by Gasteiger charge is -2.27. The molecule has 0 saturated heterocycles. The van der Waals surface area contributed by atoms with Crippen molar-refractivity contribution in [3.8, 4) is 0 Å². The summed E-state index contributed by atoms with van der Waals surface area (Å²) in [4.78, 5) is 11.3.